The Balaban J connectivity index is 1.23. The number of fused-ring (bicyclic) bond motifs is 5. The van der Waals surface area contributed by atoms with E-state index in [4.69, 9.17) is 15.5 Å². The number of nitrogens with two attached hydrogens (primary N) is 1. The fourth-order valence-electron chi connectivity index (χ4n) is 8.55. The number of nitrogens with one attached hydrogen (secondary N) is 1. The lowest BCUT2D eigenvalue weighted by atomic mass is 9.92. The van der Waals surface area contributed by atoms with Gasteiger partial charge in [-0.1, -0.05) is 11.3 Å². The van der Waals surface area contributed by atoms with Crippen LogP contribution >= 0.6 is 11.3 Å². The Bertz CT molecular complexity index is 1930. The van der Waals surface area contributed by atoms with E-state index in [0.717, 1.165) is 54.3 Å². The maximum Gasteiger partial charge on any atom is 0.319 e. The second kappa shape index (κ2) is 10.6. The van der Waals surface area contributed by atoms with Gasteiger partial charge in [-0.25, -0.2) is 26.6 Å². The molecule has 11 nitrogen and oxygen atoms in total. The number of benzene rings is 1. The normalized spacial score (nSPS) is 30.2. The smallest absolute Gasteiger partial charge is 0.319 e. The van der Waals surface area contributed by atoms with Gasteiger partial charge in [-0.15, -0.1) is 0 Å². The zero-order chi connectivity index (χ0) is 32.2. The molecule has 7 heterocycles. The van der Waals surface area contributed by atoms with E-state index in [2.05, 4.69) is 20.2 Å². The maximum absolute atomic E-state index is 17.4. The number of aromatic nitrogens is 3. The van der Waals surface area contributed by atoms with Crippen molar-refractivity contribution in [1.82, 2.24) is 29.5 Å². The summed E-state index contributed by atoms with van der Waals surface area (Å²) in [5.41, 5.74) is 5.04. The van der Waals surface area contributed by atoms with Gasteiger partial charge in [0, 0.05) is 49.7 Å². The summed E-state index contributed by atoms with van der Waals surface area (Å²) in [5, 5.41) is 3.64. The van der Waals surface area contributed by atoms with Crippen LogP contribution in [0.25, 0.3) is 21.7 Å². The molecule has 5 aliphatic heterocycles. The highest BCUT2D eigenvalue weighted by atomic mass is 32.2. The summed E-state index contributed by atoms with van der Waals surface area (Å²) in [6.45, 7) is 2.20. The van der Waals surface area contributed by atoms with E-state index in [9.17, 15) is 17.2 Å². The predicted octanol–water partition coefficient (Wildman–Crippen LogP) is 4.06. The van der Waals surface area contributed by atoms with E-state index in [0.29, 0.717) is 38.9 Å². The number of anilines is 2. The molecule has 6 aliphatic rings. The van der Waals surface area contributed by atoms with Gasteiger partial charge in [-0.05, 0) is 63.6 Å². The van der Waals surface area contributed by atoms with Crippen LogP contribution in [0.15, 0.2) is 17.0 Å². The Labute approximate surface area is 274 Å². The molecular weight excluding hydrogens is 654 g/mol. The Morgan fingerprint density at radius 1 is 1.06 bits per heavy atom. The van der Waals surface area contributed by atoms with Gasteiger partial charge in [0.2, 0.25) is 0 Å². The molecule has 0 radical (unpaired) electrons. The second-order valence-electron chi connectivity index (χ2n) is 13.8. The summed E-state index contributed by atoms with van der Waals surface area (Å²) >= 11 is 0.918. The van der Waals surface area contributed by atoms with Gasteiger partial charge in [0.15, 0.2) is 21.7 Å². The number of thiazole rings is 1. The molecule has 47 heavy (non-hydrogen) atoms. The van der Waals surface area contributed by atoms with Gasteiger partial charge in [0.25, 0.3) is 10.0 Å². The molecule has 16 heteroatoms. The Kier molecular flexibility index (Phi) is 6.77. The van der Waals surface area contributed by atoms with Crippen LogP contribution in [0.2, 0.25) is 0 Å². The molecule has 5 fully saturated rings. The standard InChI is InChI=1S/C31H35F3N8O3S2/c32-16-11-31(9-2-10-41(31)12-16)15-45-30-38-24-22(34)25(20-7-8-21(33)26-23(20)37-29(35)46-26)42(19-3-1-4-19)47(43,44)27(24)28(39-30)40-13-17-5-6-18(14-40)36-17/h7-8,16-19,36H,1-6,9-15H2,(H2,35,37)/t16-,17?,18?,31+/m1/s1. The lowest BCUT2D eigenvalue weighted by molar-refractivity contribution is 0.107. The molecule has 1 aliphatic carbocycles. The summed E-state index contributed by atoms with van der Waals surface area (Å²) in [7, 11) is -4.42. The van der Waals surface area contributed by atoms with Crippen LogP contribution in [0.5, 0.6) is 6.01 Å². The highest BCUT2D eigenvalue weighted by molar-refractivity contribution is 7.89. The molecule has 0 spiro atoms. The number of halogens is 3. The second-order valence-corrected chi connectivity index (χ2v) is 16.6. The minimum Gasteiger partial charge on any atom is -0.461 e. The van der Waals surface area contributed by atoms with E-state index < -0.39 is 45.1 Å². The summed E-state index contributed by atoms with van der Waals surface area (Å²) in [5.74, 6) is -1.34. The molecule has 0 amide bonds. The topological polar surface area (TPSA) is 130 Å². The van der Waals surface area contributed by atoms with E-state index in [1.165, 1.54) is 12.1 Å². The van der Waals surface area contributed by atoms with Crippen LogP contribution in [0.1, 0.15) is 62.6 Å². The van der Waals surface area contributed by atoms with Crippen LogP contribution in [0, 0.1) is 5.82 Å². The molecule has 2 aromatic heterocycles. The molecular formula is C31H35F3N8O3S2. The van der Waals surface area contributed by atoms with Crippen molar-refractivity contribution in [3.63, 3.8) is 0 Å². The molecule has 4 atom stereocenters. The minimum absolute atomic E-state index is 0.0815. The maximum atomic E-state index is 17.4. The van der Waals surface area contributed by atoms with Gasteiger partial charge in [0.05, 0.1) is 21.5 Å². The van der Waals surface area contributed by atoms with Crippen molar-refractivity contribution >= 4 is 54.1 Å². The third-order valence-corrected chi connectivity index (χ3v) is 13.7. The first-order valence-electron chi connectivity index (χ1n) is 16.4. The number of nitrogen functional groups attached to an aromatic ring is 1. The first kappa shape index (κ1) is 29.9. The van der Waals surface area contributed by atoms with Gasteiger partial charge in [-0.3, -0.25) is 9.21 Å². The van der Waals surface area contributed by atoms with Crippen molar-refractivity contribution in [1.29, 1.82) is 0 Å². The van der Waals surface area contributed by atoms with E-state index >= 15 is 4.39 Å². The fourth-order valence-corrected chi connectivity index (χ4v) is 11.3. The zero-order valence-corrected chi connectivity index (χ0v) is 27.2. The highest BCUT2D eigenvalue weighted by Crippen LogP contribution is 2.50. The van der Waals surface area contributed by atoms with Crippen LogP contribution in [0.4, 0.5) is 24.1 Å². The zero-order valence-electron chi connectivity index (χ0n) is 25.6. The summed E-state index contributed by atoms with van der Waals surface area (Å²) < 4.78 is 84.0. The Hall–Kier alpha value is -3.21. The number of nitrogens with zero attached hydrogens (tertiary/aromatic N) is 6. The molecule has 3 N–H and O–H groups in total. The molecule has 2 bridgehead atoms. The van der Waals surface area contributed by atoms with E-state index in [1.54, 1.807) is 0 Å². The van der Waals surface area contributed by atoms with E-state index in [1.807, 2.05) is 4.90 Å². The Morgan fingerprint density at radius 2 is 1.85 bits per heavy atom. The summed E-state index contributed by atoms with van der Waals surface area (Å²) in [6, 6.07) is 2.16. The lowest BCUT2D eigenvalue weighted by Gasteiger charge is -2.43. The van der Waals surface area contributed by atoms with E-state index in [-0.39, 0.29) is 62.0 Å². The van der Waals surface area contributed by atoms with Crippen molar-refractivity contribution in [2.75, 3.05) is 43.4 Å². The number of piperazine rings is 1. The van der Waals surface area contributed by atoms with Crippen LogP contribution in [-0.2, 0) is 10.0 Å². The van der Waals surface area contributed by atoms with Gasteiger partial charge in [0.1, 0.15) is 24.3 Å². The Morgan fingerprint density at radius 3 is 2.60 bits per heavy atom. The first-order chi connectivity index (χ1) is 22.6. The number of ether oxygens (including phenoxy) is 1. The molecule has 1 saturated carbocycles. The molecule has 3 aromatic rings. The van der Waals surface area contributed by atoms with Crippen molar-refractivity contribution in [2.24, 2.45) is 0 Å². The molecule has 250 valence electrons. The third kappa shape index (κ3) is 4.57. The van der Waals surface area contributed by atoms with Gasteiger partial charge in [-0.2, -0.15) is 9.97 Å². The largest absolute Gasteiger partial charge is 0.461 e. The van der Waals surface area contributed by atoms with Crippen LogP contribution in [-0.4, -0.2) is 95.2 Å². The molecule has 9 rings (SSSR count). The van der Waals surface area contributed by atoms with Crippen molar-refractivity contribution in [3.05, 3.63) is 29.2 Å². The average molecular weight is 689 g/mol. The molecule has 2 unspecified atom stereocenters. The number of alkyl halides is 1. The van der Waals surface area contributed by atoms with Crippen molar-refractivity contribution < 1.29 is 26.3 Å². The highest BCUT2D eigenvalue weighted by Gasteiger charge is 2.51. The number of hydrogen-bond donors (Lipinski definition) is 2. The minimum atomic E-state index is -4.42. The van der Waals surface area contributed by atoms with Gasteiger partial charge < -0.3 is 20.7 Å². The molecule has 1 aromatic carbocycles. The summed E-state index contributed by atoms with van der Waals surface area (Å²) in [4.78, 5) is 17.2. The predicted molar refractivity (Wildman–Crippen MR) is 171 cm³/mol. The average Bonchev–Trinajstić information content (AvgIpc) is 3.76. The first-order valence-corrected chi connectivity index (χ1v) is 18.6. The quantitative estimate of drug-likeness (QED) is 0.391. The lowest BCUT2D eigenvalue weighted by Crippen LogP contribution is -2.52. The van der Waals surface area contributed by atoms with Crippen LogP contribution < -0.4 is 20.7 Å². The van der Waals surface area contributed by atoms with Gasteiger partial charge >= 0.3 is 6.01 Å². The van der Waals surface area contributed by atoms with Crippen LogP contribution in [0.3, 0.4) is 0 Å². The van der Waals surface area contributed by atoms with Crippen molar-refractivity contribution in [2.45, 2.75) is 86.1 Å². The number of sulfonamides is 1. The molecule has 4 saturated heterocycles. The van der Waals surface area contributed by atoms with Crippen molar-refractivity contribution in [3.8, 4) is 6.01 Å². The fraction of sp³-hybridized carbons (Fsp3) is 0.581. The summed E-state index contributed by atoms with van der Waals surface area (Å²) in [6.07, 6.45) is 4.79. The monoisotopic (exact) mass is 688 g/mol. The SMILES string of the molecule is Nc1nc2c(C3=C(F)c4nc(OC[C@@]56CCCN5C[C@H](F)C6)nc(N5CC6CCC(C5)N6)c4S(=O)(=O)N3C3CCC3)ccc(F)c2s1. The number of rotatable bonds is 6. The number of hydrogen-bond acceptors (Lipinski definition) is 11. The third-order valence-electron chi connectivity index (χ3n) is 10.9.